The molecular weight excluding hydrogens is 186 g/mol. The molecule has 0 atom stereocenters. The Kier molecular flexibility index (Phi) is 4.73. The highest BCUT2D eigenvalue weighted by molar-refractivity contribution is 4.70. The van der Waals surface area contributed by atoms with Crippen molar-refractivity contribution in [2.24, 2.45) is 0 Å². The van der Waals surface area contributed by atoms with Crippen LogP contribution in [0.15, 0.2) is 0 Å². The maximum atomic E-state index is 5.34. The predicted octanol–water partition coefficient (Wildman–Crippen LogP) is -0.706. The van der Waals surface area contributed by atoms with Crippen LogP contribution in [0.1, 0.15) is 6.42 Å². The summed E-state index contributed by atoms with van der Waals surface area (Å²) in [4.78, 5) is 0. The largest absolute Gasteiger partial charge is 0.377 e. The van der Waals surface area contributed by atoms with Crippen molar-refractivity contribution in [3.8, 4) is 0 Å². The van der Waals surface area contributed by atoms with Gasteiger partial charge in [0.25, 0.3) is 5.91 Å². The highest BCUT2D eigenvalue weighted by Crippen LogP contribution is 2.17. The van der Waals surface area contributed by atoms with Gasteiger partial charge >= 0.3 is 0 Å². The maximum Gasteiger partial charge on any atom is 0.268 e. The van der Waals surface area contributed by atoms with Gasteiger partial charge in [0.2, 0.25) is 0 Å². The molecule has 0 spiro atoms. The highest BCUT2D eigenvalue weighted by atomic mass is 16.7. The molecule has 1 saturated heterocycles. The van der Waals surface area contributed by atoms with Gasteiger partial charge in [0, 0.05) is 34.4 Å². The van der Waals surface area contributed by atoms with E-state index in [4.69, 9.17) is 14.2 Å². The van der Waals surface area contributed by atoms with Crippen LogP contribution in [0.2, 0.25) is 0 Å². The number of ether oxygens (including phenoxy) is 3. The Bertz CT molecular complexity index is 158. The fraction of sp³-hybridized carbons (Fsp3) is 1.00. The summed E-state index contributed by atoms with van der Waals surface area (Å²) >= 11 is 0. The summed E-state index contributed by atoms with van der Waals surface area (Å²) in [6.07, 6.45) is 1.03. The topological polar surface area (TPSA) is 55.0 Å². The summed E-state index contributed by atoms with van der Waals surface area (Å²) in [5.41, 5.74) is 6.03. The second-order valence-electron chi connectivity index (χ2n) is 3.10. The molecule has 0 bridgehead atoms. The third-order valence-corrected chi connectivity index (χ3v) is 2.27. The zero-order chi connectivity index (χ0) is 10.4. The Morgan fingerprint density at radius 1 is 1.29 bits per heavy atom. The Morgan fingerprint density at radius 3 is 2.43 bits per heavy atom. The van der Waals surface area contributed by atoms with E-state index >= 15 is 0 Å². The molecule has 6 heteroatoms. The van der Waals surface area contributed by atoms with E-state index in [1.165, 1.54) is 0 Å². The van der Waals surface area contributed by atoms with Crippen molar-refractivity contribution in [1.82, 2.24) is 16.0 Å². The van der Waals surface area contributed by atoms with E-state index in [0.717, 1.165) is 19.5 Å². The zero-order valence-electron chi connectivity index (χ0n) is 9.00. The van der Waals surface area contributed by atoms with Gasteiger partial charge in [-0.3, -0.25) is 0 Å². The number of hydrogen-bond acceptors (Lipinski definition) is 6. The van der Waals surface area contributed by atoms with Crippen LogP contribution in [0.25, 0.3) is 0 Å². The van der Waals surface area contributed by atoms with Crippen LogP contribution in [0.3, 0.4) is 0 Å². The number of nitrogens with zero attached hydrogens (tertiary/aromatic N) is 1. The zero-order valence-corrected chi connectivity index (χ0v) is 9.00. The van der Waals surface area contributed by atoms with Crippen LogP contribution in [0, 0.1) is 0 Å². The van der Waals surface area contributed by atoms with E-state index in [0.29, 0.717) is 6.61 Å². The molecule has 0 aromatic carbocycles. The lowest BCUT2D eigenvalue weighted by Gasteiger charge is -2.42. The molecule has 1 aliphatic rings. The fourth-order valence-electron chi connectivity index (χ4n) is 1.47. The first kappa shape index (κ1) is 11.8. The number of nitrogens with one attached hydrogen (secondary N) is 2. The van der Waals surface area contributed by atoms with E-state index in [2.05, 4.69) is 11.0 Å². The Labute approximate surface area is 84.4 Å². The van der Waals surface area contributed by atoms with Crippen molar-refractivity contribution in [2.75, 3.05) is 41.0 Å². The van der Waals surface area contributed by atoms with Gasteiger partial charge in [-0.15, -0.1) is 0 Å². The summed E-state index contributed by atoms with van der Waals surface area (Å²) in [5.74, 6) is -0.859. The molecule has 0 aliphatic carbocycles. The predicted molar refractivity (Wildman–Crippen MR) is 51.1 cm³/mol. The SMILES string of the molecule is COCC(OC)(OC)N1CCCNN1. The molecule has 0 amide bonds. The van der Waals surface area contributed by atoms with Gasteiger partial charge in [0.05, 0.1) is 0 Å². The van der Waals surface area contributed by atoms with Gasteiger partial charge in [-0.1, -0.05) is 0 Å². The molecule has 14 heavy (non-hydrogen) atoms. The van der Waals surface area contributed by atoms with Gasteiger partial charge in [0.1, 0.15) is 6.61 Å². The van der Waals surface area contributed by atoms with Crippen molar-refractivity contribution in [3.63, 3.8) is 0 Å². The molecule has 0 unspecified atom stereocenters. The Morgan fingerprint density at radius 2 is 2.00 bits per heavy atom. The van der Waals surface area contributed by atoms with Crippen LogP contribution in [-0.2, 0) is 14.2 Å². The smallest absolute Gasteiger partial charge is 0.268 e. The Hall–Kier alpha value is -0.240. The molecule has 0 radical (unpaired) electrons. The molecule has 1 aliphatic heterocycles. The van der Waals surface area contributed by atoms with Crippen molar-refractivity contribution in [3.05, 3.63) is 0 Å². The van der Waals surface area contributed by atoms with E-state index in [9.17, 15) is 0 Å². The van der Waals surface area contributed by atoms with E-state index in [1.54, 1.807) is 21.3 Å². The van der Waals surface area contributed by atoms with E-state index < -0.39 is 5.91 Å². The van der Waals surface area contributed by atoms with Crippen LogP contribution >= 0.6 is 0 Å². The van der Waals surface area contributed by atoms with Crippen LogP contribution < -0.4 is 11.0 Å². The first-order valence-corrected chi connectivity index (χ1v) is 4.64. The lowest BCUT2D eigenvalue weighted by atomic mass is 10.3. The lowest BCUT2D eigenvalue weighted by Crippen LogP contribution is -2.66. The van der Waals surface area contributed by atoms with Gasteiger partial charge < -0.3 is 14.2 Å². The molecule has 0 saturated carbocycles. The second-order valence-corrected chi connectivity index (χ2v) is 3.10. The van der Waals surface area contributed by atoms with Gasteiger partial charge in [-0.05, 0) is 6.42 Å². The molecule has 1 rings (SSSR count). The molecule has 2 N–H and O–H groups in total. The molecule has 6 nitrogen and oxygen atoms in total. The average molecular weight is 205 g/mol. The number of hydrogen-bond donors (Lipinski definition) is 2. The number of methoxy groups -OCH3 is 3. The quantitative estimate of drug-likeness (QED) is 0.579. The number of rotatable bonds is 5. The summed E-state index contributed by atoms with van der Waals surface area (Å²) in [6, 6.07) is 0. The lowest BCUT2D eigenvalue weighted by molar-refractivity contribution is -0.332. The molecule has 0 aromatic heterocycles. The van der Waals surface area contributed by atoms with Crippen LogP contribution in [0.4, 0.5) is 0 Å². The summed E-state index contributed by atoms with van der Waals surface area (Å²) in [5, 5.41) is 1.85. The molecule has 1 heterocycles. The first-order chi connectivity index (χ1) is 6.79. The highest BCUT2D eigenvalue weighted by Gasteiger charge is 2.38. The van der Waals surface area contributed by atoms with E-state index in [1.807, 2.05) is 5.01 Å². The first-order valence-electron chi connectivity index (χ1n) is 4.64. The van der Waals surface area contributed by atoms with Crippen molar-refractivity contribution < 1.29 is 14.2 Å². The summed E-state index contributed by atoms with van der Waals surface area (Å²) in [6.45, 7) is 2.12. The standard InChI is InChI=1S/C8H19N3O3/c1-12-7-8(13-2,14-3)11-6-4-5-9-10-11/h9-10H,4-7H2,1-3H3. The monoisotopic (exact) mass is 205 g/mol. The van der Waals surface area contributed by atoms with Gasteiger partial charge in [0.15, 0.2) is 0 Å². The van der Waals surface area contributed by atoms with Crippen molar-refractivity contribution >= 4 is 0 Å². The maximum absolute atomic E-state index is 5.34. The normalized spacial score (nSPS) is 19.9. The minimum Gasteiger partial charge on any atom is -0.377 e. The van der Waals surface area contributed by atoms with Crippen molar-refractivity contribution in [1.29, 1.82) is 0 Å². The van der Waals surface area contributed by atoms with Crippen LogP contribution in [-0.4, -0.2) is 51.9 Å². The molecule has 0 aromatic rings. The third-order valence-electron chi connectivity index (χ3n) is 2.27. The third kappa shape index (κ3) is 2.41. The van der Waals surface area contributed by atoms with Gasteiger partial charge in [-0.25, -0.2) is 5.43 Å². The van der Waals surface area contributed by atoms with Gasteiger partial charge in [-0.2, -0.15) is 10.5 Å². The van der Waals surface area contributed by atoms with E-state index in [-0.39, 0.29) is 0 Å². The summed E-state index contributed by atoms with van der Waals surface area (Å²) < 4.78 is 15.8. The molecule has 1 fully saturated rings. The minimum absolute atomic E-state index is 0.342. The summed E-state index contributed by atoms with van der Waals surface area (Å²) in [7, 11) is 4.81. The second kappa shape index (κ2) is 5.59. The fourth-order valence-corrected chi connectivity index (χ4v) is 1.47. The van der Waals surface area contributed by atoms with Crippen LogP contribution in [0.5, 0.6) is 0 Å². The average Bonchev–Trinajstić information content (AvgIpc) is 2.27. The molecular formula is C8H19N3O3. The minimum atomic E-state index is -0.859. The number of hydrazine groups is 2. The van der Waals surface area contributed by atoms with Crippen molar-refractivity contribution in [2.45, 2.75) is 12.3 Å². The molecule has 84 valence electrons. The Balaban J connectivity index is 2.62.